The number of rotatable bonds is 6. The zero-order chi connectivity index (χ0) is 17.8. The molecule has 2 amide bonds. The van der Waals surface area contributed by atoms with Crippen LogP contribution in [0.3, 0.4) is 0 Å². The molecule has 2 heterocycles. The lowest BCUT2D eigenvalue weighted by atomic mass is 9.91. The zero-order valence-corrected chi connectivity index (χ0v) is 13.6. The van der Waals surface area contributed by atoms with E-state index in [2.05, 4.69) is 5.32 Å². The molecule has 3 rings (SSSR count). The van der Waals surface area contributed by atoms with Crippen molar-refractivity contribution in [3.8, 4) is 5.75 Å². The van der Waals surface area contributed by atoms with Gasteiger partial charge in [0.25, 0.3) is 5.91 Å². The van der Waals surface area contributed by atoms with Crippen LogP contribution < -0.4 is 15.0 Å². The number of hydrogen-bond acceptors (Lipinski definition) is 5. The van der Waals surface area contributed by atoms with E-state index in [-0.39, 0.29) is 31.5 Å². The number of fused-ring (bicyclic) bond motifs is 1. The van der Waals surface area contributed by atoms with Crippen molar-refractivity contribution in [1.29, 1.82) is 0 Å². The fraction of sp³-hybridized carbons (Fsp3) is 0.471. The molecule has 25 heavy (non-hydrogen) atoms. The number of nitrogens with one attached hydrogen (secondary N) is 1. The first-order valence-electron chi connectivity index (χ1n) is 8.15. The summed E-state index contributed by atoms with van der Waals surface area (Å²) in [6.07, 6.45) is 0.669. The van der Waals surface area contributed by atoms with Gasteiger partial charge in [0.05, 0.1) is 18.2 Å². The van der Waals surface area contributed by atoms with Gasteiger partial charge in [-0.1, -0.05) is 12.1 Å². The number of amides is 2. The van der Waals surface area contributed by atoms with Crippen molar-refractivity contribution in [1.82, 2.24) is 5.32 Å². The van der Waals surface area contributed by atoms with Crippen LogP contribution >= 0.6 is 0 Å². The Morgan fingerprint density at radius 3 is 2.88 bits per heavy atom. The molecule has 1 fully saturated rings. The minimum absolute atomic E-state index is 0.0162. The van der Waals surface area contributed by atoms with Gasteiger partial charge in [-0.2, -0.15) is 0 Å². The lowest BCUT2D eigenvalue weighted by Gasteiger charge is -2.29. The van der Waals surface area contributed by atoms with Crippen LogP contribution in [0.4, 0.5) is 5.69 Å². The molecular formula is C17H20N2O6. The van der Waals surface area contributed by atoms with E-state index >= 15 is 0 Å². The summed E-state index contributed by atoms with van der Waals surface area (Å²) in [6.45, 7) is 0.653. The van der Waals surface area contributed by atoms with Crippen molar-refractivity contribution in [2.75, 3.05) is 37.8 Å². The zero-order valence-electron chi connectivity index (χ0n) is 13.6. The highest BCUT2D eigenvalue weighted by molar-refractivity contribution is 6.02. The van der Waals surface area contributed by atoms with Crippen LogP contribution in [-0.4, -0.2) is 55.8 Å². The van der Waals surface area contributed by atoms with Crippen molar-refractivity contribution in [3.63, 3.8) is 0 Å². The first-order valence-corrected chi connectivity index (χ1v) is 8.15. The maximum absolute atomic E-state index is 12.2. The smallest absolute Gasteiger partial charge is 0.308 e. The molecule has 2 aliphatic heterocycles. The summed E-state index contributed by atoms with van der Waals surface area (Å²) in [4.78, 5) is 37.1. The molecule has 0 aromatic heterocycles. The number of carboxylic acids is 1. The van der Waals surface area contributed by atoms with Gasteiger partial charge in [0.15, 0.2) is 6.61 Å². The SMILES string of the molecule is O=C(CN1C(=O)COc2ccccc21)NCC(C(=O)O)C1CCOC1. The molecule has 8 heteroatoms. The summed E-state index contributed by atoms with van der Waals surface area (Å²) in [5.74, 6) is -1.93. The Morgan fingerprint density at radius 2 is 2.16 bits per heavy atom. The van der Waals surface area contributed by atoms with E-state index in [1.165, 1.54) is 4.90 Å². The van der Waals surface area contributed by atoms with Crippen LogP contribution in [0.25, 0.3) is 0 Å². The molecule has 1 saturated heterocycles. The fourth-order valence-electron chi connectivity index (χ4n) is 3.08. The molecule has 2 unspecified atom stereocenters. The number of nitrogens with zero attached hydrogens (tertiary/aromatic N) is 1. The van der Waals surface area contributed by atoms with Crippen LogP contribution in [0.2, 0.25) is 0 Å². The quantitative estimate of drug-likeness (QED) is 0.764. The molecule has 1 aromatic rings. The Morgan fingerprint density at radius 1 is 1.36 bits per heavy atom. The number of carbonyl (C=O) groups is 3. The summed E-state index contributed by atoms with van der Waals surface area (Å²) in [7, 11) is 0. The predicted octanol–water partition coefficient (Wildman–Crippen LogP) is 0.265. The van der Waals surface area contributed by atoms with E-state index < -0.39 is 17.8 Å². The van der Waals surface area contributed by atoms with Crippen molar-refractivity contribution >= 4 is 23.5 Å². The Bertz CT molecular complexity index is 671. The number of para-hydroxylation sites is 2. The van der Waals surface area contributed by atoms with Gasteiger partial charge in [0, 0.05) is 13.2 Å². The number of benzene rings is 1. The number of carboxylic acid groups (broad SMARTS) is 1. The predicted molar refractivity (Wildman–Crippen MR) is 87.4 cm³/mol. The highest BCUT2D eigenvalue weighted by atomic mass is 16.5. The molecular weight excluding hydrogens is 328 g/mol. The standard InChI is InChI=1S/C17H20N2O6/c20-15(18-7-12(17(22)23)11-5-6-24-9-11)8-19-13-3-1-2-4-14(13)25-10-16(19)21/h1-4,11-12H,5-10H2,(H,18,20)(H,22,23). The van der Waals surface area contributed by atoms with Crippen LogP contribution in [0, 0.1) is 11.8 Å². The highest BCUT2D eigenvalue weighted by Gasteiger charge is 2.32. The fourth-order valence-corrected chi connectivity index (χ4v) is 3.08. The molecule has 0 spiro atoms. The third-order valence-electron chi connectivity index (χ3n) is 4.48. The molecule has 2 aliphatic rings. The second kappa shape index (κ2) is 7.52. The largest absolute Gasteiger partial charge is 0.482 e. The Hall–Kier alpha value is -2.61. The molecule has 2 N–H and O–H groups in total. The van der Waals surface area contributed by atoms with E-state index in [0.717, 1.165) is 0 Å². The van der Waals surface area contributed by atoms with E-state index in [1.807, 2.05) is 0 Å². The van der Waals surface area contributed by atoms with Crippen LogP contribution in [0.5, 0.6) is 5.75 Å². The van der Waals surface area contributed by atoms with Gasteiger partial charge in [-0.3, -0.25) is 19.3 Å². The lowest BCUT2D eigenvalue weighted by molar-refractivity contribution is -0.143. The first kappa shape index (κ1) is 17.2. The number of anilines is 1. The maximum atomic E-state index is 12.2. The molecule has 1 aromatic carbocycles. The Kier molecular flexibility index (Phi) is 5.18. The number of aliphatic carboxylic acids is 1. The normalized spacial score (nSPS) is 20.6. The second-order valence-electron chi connectivity index (χ2n) is 6.11. The van der Waals surface area contributed by atoms with Gasteiger partial charge < -0.3 is 19.9 Å². The van der Waals surface area contributed by atoms with Crippen LogP contribution in [-0.2, 0) is 19.1 Å². The monoisotopic (exact) mass is 348 g/mol. The molecule has 0 aliphatic carbocycles. The molecule has 8 nitrogen and oxygen atoms in total. The number of carbonyl (C=O) groups excluding carboxylic acids is 2. The third-order valence-corrected chi connectivity index (χ3v) is 4.48. The second-order valence-corrected chi connectivity index (χ2v) is 6.11. The van der Waals surface area contributed by atoms with E-state index in [9.17, 15) is 19.5 Å². The molecule has 0 bridgehead atoms. The first-order chi connectivity index (χ1) is 12.1. The van der Waals surface area contributed by atoms with Gasteiger partial charge >= 0.3 is 5.97 Å². The highest BCUT2D eigenvalue weighted by Crippen LogP contribution is 2.31. The molecule has 0 saturated carbocycles. The summed E-state index contributed by atoms with van der Waals surface area (Å²) in [5, 5.41) is 12.0. The van der Waals surface area contributed by atoms with Crippen LogP contribution in [0.15, 0.2) is 24.3 Å². The van der Waals surface area contributed by atoms with Crippen molar-refractivity contribution < 1.29 is 29.0 Å². The average molecular weight is 348 g/mol. The van der Waals surface area contributed by atoms with Crippen molar-refractivity contribution in [2.24, 2.45) is 11.8 Å². The minimum atomic E-state index is -0.955. The molecule has 2 atom stereocenters. The summed E-state index contributed by atoms with van der Waals surface area (Å²) in [5.41, 5.74) is 0.535. The number of ether oxygens (including phenoxy) is 2. The third kappa shape index (κ3) is 3.90. The van der Waals surface area contributed by atoms with Gasteiger partial charge in [-0.25, -0.2) is 0 Å². The minimum Gasteiger partial charge on any atom is -0.482 e. The topological polar surface area (TPSA) is 105 Å². The maximum Gasteiger partial charge on any atom is 0.308 e. The summed E-state index contributed by atoms with van der Waals surface area (Å²) in [6, 6.07) is 6.98. The van der Waals surface area contributed by atoms with E-state index in [0.29, 0.717) is 31.1 Å². The Balaban J connectivity index is 1.60. The van der Waals surface area contributed by atoms with E-state index in [1.54, 1.807) is 24.3 Å². The molecule has 134 valence electrons. The number of hydrogen-bond donors (Lipinski definition) is 2. The van der Waals surface area contributed by atoms with E-state index in [4.69, 9.17) is 9.47 Å². The van der Waals surface area contributed by atoms with Crippen molar-refractivity contribution in [3.05, 3.63) is 24.3 Å². The average Bonchev–Trinajstić information content (AvgIpc) is 3.11. The Labute approximate surface area is 144 Å². The van der Waals surface area contributed by atoms with Gasteiger partial charge in [-0.15, -0.1) is 0 Å². The lowest BCUT2D eigenvalue weighted by Crippen LogP contribution is -2.46. The van der Waals surface area contributed by atoms with Crippen LogP contribution in [0.1, 0.15) is 6.42 Å². The van der Waals surface area contributed by atoms with Crippen molar-refractivity contribution in [2.45, 2.75) is 6.42 Å². The molecule has 0 radical (unpaired) electrons. The van der Waals surface area contributed by atoms with Gasteiger partial charge in [0.2, 0.25) is 5.91 Å². The summed E-state index contributed by atoms with van der Waals surface area (Å²) >= 11 is 0. The summed E-state index contributed by atoms with van der Waals surface area (Å²) < 4.78 is 10.6. The van der Waals surface area contributed by atoms with Gasteiger partial charge in [-0.05, 0) is 24.5 Å². The van der Waals surface area contributed by atoms with Gasteiger partial charge in [0.1, 0.15) is 12.3 Å².